The summed E-state index contributed by atoms with van der Waals surface area (Å²) in [5.41, 5.74) is 2.08. The molecule has 3 rings (SSSR count). The Morgan fingerprint density at radius 1 is 0.944 bits per heavy atom. The van der Waals surface area contributed by atoms with Gasteiger partial charge in [0, 0.05) is 13.2 Å². The molecular weight excluding hydrogens is 220 g/mol. The molecule has 88 valence electrons. The van der Waals surface area contributed by atoms with Crippen molar-refractivity contribution < 1.29 is 0 Å². The maximum absolute atomic E-state index is 4.51. The smallest absolute Gasteiger partial charge is 0.0636 e. The Balaban J connectivity index is 1.95. The van der Waals surface area contributed by atoms with Crippen LogP contribution in [0, 0.1) is 0 Å². The summed E-state index contributed by atoms with van der Waals surface area (Å²) >= 11 is 0. The number of nitrogens with zero attached hydrogens (tertiary/aromatic N) is 2. The van der Waals surface area contributed by atoms with Gasteiger partial charge in [-0.3, -0.25) is 4.99 Å². The number of hydrogen-bond acceptors (Lipinski definition) is 1. The van der Waals surface area contributed by atoms with Crippen molar-refractivity contribution in [1.29, 1.82) is 0 Å². The second-order valence-corrected chi connectivity index (χ2v) is 4.33. The van der Waals surface area contributed by atoms with Crippen molar-refractivity contribution in [3.05, 3.63) is 66.5 Å². The molecule has 0 aliphatic carbocycles. The van der Waals surface area contributed by atoms with Crippen LogP contribution in [0.3, 0.4) is 0 Å². The lowest BCUT2D eigenvalue weighted by atomic mass is 10.1. The molecule has 18 heavy (non-hydrogen) atoms. The molecule has 0 radical (unpaired) electrons. The number of aliphatic imine (C=N–C) groups is 1. The molecule has 0 fully saturated rings. The fraction of sp³-hybridized carbons (Fsp3) is 0.0625. The molecule has 0 saturated heterocycles. The van der Waals surface area contributed by atoms with Crippen LogP contribution in [-0.4, -0.2) is 10.8 Å². The van der Waals surface area contributed by atoms with Gasteiger partial charge in [0.25, 0.3) is 0 Å². The molecule has 2 aromatic carbocycles. The fourth-order valence-corrected chi connectivity index (χ4v) is 2.01. The van der Waals surface area contributed by atoms with Gasteiger partial charge in [-0.25, -0.2) is 0 Å². The maximum Gasteiger partial charge on any atom is 0.0636 e. The van der Waals surface area contributed by atoms with Crippen LogP contribution in [0.25, 0.3) is 10.8 Å². The van der Waals surface area contributed by atoms with Crippen molar-refractivity contribution in [1.82, 2.24) is 4.57 Å². The minimum Gasteiger partial charge on any atom is -0.350 e. The first kappa shape index (κ1) is 10.8. The summed E-state index contributed by atoms with van der Waals surface area (Å²) in [5.74, 6) is 0. The normalized spacial score (nSPS) is 11.4. The van der Waals surface area contributed by atoms with Crippen molar-refractivity contribution >= 4 is 22.7 Å². The van der Waals surface area contributed by atoms with E-state index in [-0.39, 0.29) is 0 Å². The minimum absolute atomic E-state index is 0.981. The largest absolute Gasteiger partial charge is 0.350 e. The zero-order valence-electron chi connectivity index (χ0n) is 10.2. The van der Waals surface area contributed by atoms with Crippen LogP contribution < -0.4 is 0 Å². The van der Waals surface area contributed by atoms with Crippen LogP contribution >= 0.6 is 0 Å². The Labute approximate surface area is 106 Å². The summed E-state index contributed by atoms with van der Waals surface area (Å²) in [6.45, 7) is 0. The molecule has 0 bridgehead atoms. The van der Waals surface area contributed by atoms with E-state index < -0.39 is 0 Å². The summed E-state index contributed by atoms with van der Waals surface area (Å²) < 4.78 is 2.05. The van der Waals surface area contributed by atoms with E-state index in [2.05, 4.69) is 35.3 Å². The molecule has 0 aliphatic rings. The molecule has 0 aliphatic heterocycles. The predicted octanol–water partition coefficient (Wildman–Crippen LogP) is 3.93. The predicted molar refractivity (Wildman–Crippen MR) is 76.6 cm³/mol. The van der Waals surface area contributed by atoms with Gasteiger partial charge >= 0.3 is 0 Å². The van der Waals surface area contributed by atoms with Crippen LogP contribution in [0.1, 0.15) is 5.69 Å². The summed E-state index contributed by atoms with van der Waals surface area (Å²) in [7, 11) is 2.02. The third kappa shape index (κ3) is 2.05. The lowest BCUT2D eigenvalue weighted by Crippen LogP contribution is -1.91. The number of hydrogen-bond donors (Lipinski definition) is 0. The molecule has 2 heteroatoms. The summed E-state index contributed by atoms with van der Waals surface area (Å²) in [4.78, 5) is 4.51. The highest BCUT2D eigenvalue weighted by atomic mass is 14.9. The SMILES string of the molecule is Cn1cccc1C=Nc1ccc2ccccc2c1. The minimum atomic E-state index is 0.981. The molecule has 0 atom stereocenters. The van der Waals surface area contributed by atoms with E-state index in [0.29, 0.717) is 0 Å². The molecule has 0 amide bonds. The zero-order valence-corrected chi connectivity index (χ0v) is 10.2. The second kappa shape index (κ2) is 4.49. The fourth-order valence-electron chi connectivity index (χ4n) is 2.01. The maximum atomic E-state index is 4.51. The lowest BCUT2D eigenvalue weighted by molar-refractivity contribution is 0.918. The molecule has 0 spiro atoms. The third-order valence-corrected chi connectivity index (χ3v) is 3.06. The van der Waals surface area contributed by atoms with E-state index in [9.17, 15) is 0 Å². The number of fused-ring (bicyclic) bond motifs is 1. The second-order valence-electron chi connectivity index (χ2n) is 4.33. The summed E-state index contributed by atoms with van der Waals surface area (Å²) in [5, 5.41) is 2.47. The van der Waals surface area contributed by atoms with Crippen molar-refractivity contribution in [3.63, 3.8) is 0 Å². The van der Waals surface area contributed by atoms with Gasteiger partial charge in [0.15, 0.2) is 0 Å². The highest BCUT2D eigenvalue weighted by Gasteiger charge is 1.95. The van der Waals surface area contributed by atoms with Gasteiger partial charge in [0.1, 0.15) is 0 Å². The quantitative estimate of drug-likeness (QED) is 0.598. The number of aryl methyl sites for hydroxylation is 1. The Morgan fingerprint density at radius 2 is 1.78 bits per heavy atom. The standard InChI is InChI=1S/C16H14N2/c1-18-10-4-7-16(18)12-17-15-9-8-13-5-2-3-6-14(13)11-15/h2-12H,1H3. The van der Waals surface area contributed by atoms with Gasteiger partial charge < -0.3 is 4.57 Å². The van der Waals surface area contributed by atoms with Crippen LogP contribution in [-0.2, 0) is 7.05 Å². The van der Waals surface area contributed by atoms with E-state index in [1.165, 1.54) is 10.8 Å². The lowest BCUT2D eigenvalue weighted by Gasteiger charge is -1.99. The van der Waals surface area contributed by atoms with Crippen molar-refractivity contribution in [2.45, 2.75) is 0 Å². The van der Waals surface area contributed by atoms with Crippen molar-refractivity contribution in [2.75, 3.05) is 0 Å². The van der Waals surface area contributed by atoms with Crippen molar-refractivity contribution in [3.8, 4) is 0 Å². The van der Waals surface area contributed by atoms with E-state index in [4.69, 9.17) is 0 Å². The average molecular weight is 234 g/mol. The topological polar surface area (TPSA) is 17.3 Å². The highest BCUT2D eigenvalue weighted by molar-refractivity contribution is 5.87. The van der Waals surface area contributed by atoms with E-state index in [1.807, 2.05) is 48.3 Å². The third-order valence-electron chi connectivity index (χ3n) is 3.06. The Hall–Kier alpha value is -2.35. The summed E-state index contributed by atoms with van der Waals surface area (Å²) in [6, 6.07) is 18.6. The van der Waals surface area contributed by atoms with E-state index in [0.717, 1.165) is 11.4 Å². The molecular formula is C16H14N2. The van der Waals surface area contributed by atoms with Gasteiger partial charge in [-0.05, 0) is 35.0 Å². The first-order valence-corrected chi connectivity index (χ1v) is 5.97. The van der Waals surface area contributed by atoms with Crippen LogP contribution in [0.2, 0.25) is 0 Å². The highest BCUT2D eigenvalue weighted by Crippen LogP contribution is 2.20. The molecule has 1 aromatic heterocycles. The first-order chi connectivity index (χ1) is 8.83. The zero-order chi connectivity index (χ0) is 12.4. The molecule has 1 heterocycles. The average Bonchev–Trinajstić information content (AvgIpc) is 2.82. The first-order valence-electron chi connectivity index (χ1n) is 5.97. The van der Waals surface area contributed by atoms with Crippen molar-refractivity contribution in [2.24, 2.45) is 12.0 Å². The van der Waals surface area contributed by atoms with Gasteiger partial charge in [0.2, 0.25) is 0 Å². The number of aromatic nitrogens is 1. The molecule has 3 aromatic rings. The van der Waals surface area contributed by atoms with Crippen LogP contribution in [0.4, 0.5) is 5.69 Å². The molecule has 0 N–H and O–H groups in total. The number of benzene rings is 2. The Morgan fingerprint density at radius 3 is 2.56 bits per heavy atom. The Kier molecular flexibility index (Phi) is 2.69. The monoisotopic (exact) mass is 234 g/mol. The van der Waals surface area contributed by atoms with Gasteiger partial charge in [-0.2, -0.15) is 0 Å². The van der Waals surface area contributed by atoms with Crippen LogP contribution in [0.15, 0.2) is 65.8 Å². The number of rotatable bonds is 2. The Bertz CT molecular complexity index is 708. The molecule has 2 nitrogen and oxygen atoms in total. The molecule has 0 unspecified atom stereocenters. The van der Waals surface area contributed by atoms with Crippen LogP contribution in [0.5, 0.6) is 0 Å². The van der Waals surface area contributed by atoms with E-state index in [1.54, 1.807) is 0 Å². The van der Waals surface area contributed by atoms with Gasteiger partial charge in [0.05, 0.1) is 17.6 Å². The van der Waals surface area contributed by atoms with Gasteiger partial charge in [-0.1, -0.05) is 30.3 Å². The van der Waals surface area contributed by atoms with E-state index >= 15 is 0 Å². The van der Waals surface area contributed by atoms with Gasteiger partial charge in [-0.15, -0.1) is 0 Å². The molecule has 0 saturated carbocycles. The summed E-state index contributed by atoms with van der Waals surface area (Å²) in [6.07, 6.45) is 3.91.